The fourth-order valence-electron chi connectivity index (χ4n) is 2.87. The first-order valence-electron chi connectivity index (χ1n) is 8.54. The molecule has 4 heteroatoms. The van der Waals surface area contributed by atoms with Crippen molar-refractivity contribution in [2.45, 2.75) is 29.4 Å². The largest absolute Gasteiger partial charge is 0.699 e. The van der Waals surface area contributed by atoms with Crippen molar-refractivity contribution in [1.82, 2.24) is 4.90 Å². The van der Waals surface area contributed by atoms with Crippen molar-refractivity contribution in [2.24, 2.45) is 0 Å². The molecule has 1 aliphatic rings. The zero-order valence-corrected chi connectivity index (χ0v) is 20.0. The van der Waals surface area contributed by atoms with E-state index in [1.807, 2.05) is 23.9 Å². The van der Waals surface area contributed by atoms with Crippen molar-refractivity contribution in [3.63, 3.8) is 0 Å². The Morgan fingerprint density at radius 3 is 2.36 bits per heavy atom. The molecule has 0 saturated carbocycles. The summed E-state index contributed by atoms with van der Waals surface area (Å²) in [6.45, 7) is 3.42. The van der Waals surface area contributed by atoms with Crippen LogP contribution in [-0.2, 0) is 0 Å². The zero-order chi connectivity index (χ0) is 16.6. The van der Waals surface area contributed by atoms with Crippen LogP contribution in [0.15, 0.2) is 59.5 Å². The van der Waals surface area contributed by atoms with Crippen molar-refractivity contribution in [3.8, 4) is 11.8 Å². The van der Waals surface area contributed by atoms with E-state index < -0.39 is 0 Å². The molecule has 0 amide bonds. The second kappa shape index (κ2) is 11.3. The van der Waals surface area contributed by atoms with Crippen LogP contribution in [-0.4, -0.2) is 29.8 Å². The average molecular weight is 562 g/mol. The van der Waals surface area contributed by atoms with Gasteiger partial charge < -0.3 is 10.6 Å². The van der Waals surface area contributed by atoms with Gasteiger partial charge in [0.25, 0.3) is 0 Å². The Kier molecular flexibility index (Phi) is 9.43. The van der Waals surface area contributed by atoms with E-state index in [1.165, 1.54) is 30.8 Å². The van der Waals surface area contributed by atoms with Crippen LogP contribution in [0.1, 0.15) is 24.8 Å². The molecule has 1 radical (unpaired) electrons. The van der Waals surface area contributed by atoms with Crippen LogP contribution in [0.3, 0.4) is 0 Å². The third-order valence-electron chi connectivity index (χ3n) is 4.25. The molecule has 1 N–H and O–H groups in total. The molecule has 127 valence electrons. The number of rotatable bonds is 4. The summed E-state index contributed by atoms with van der Waals surface area (Å²) in [5.41, 5.74) is 9.01. The number of benzene rings is 2. The van der Waals surface area contributed by atoms with E-state index in [-0.39, 0.29) is 44.1 Å². The SMILES string of the molecule is [Ac].[NH-]c1ccc(C#CCCN2CCC(Sc3ccccc3)CC2)cc1. The van der Waals surface area contributed by atoms with Gasteiger partial charge in [0.1, 0.15) is 0 Å². The number of hydrogen-bond acceptors (Lipinski definition) is 2. The van der Waals surface area contributed by atoms with Gasteiger partial charge in [-0.3, -0.25) is 0 Å². The van der Waals surface area contributed by atoms with E-state index in [1.54, 1.807) is 12.1 Å². The van der Waals surface area contributed by atoms with Gasteiger partial charge in [-0.05, 0) is 50.2 Å². The van der Waals surface area contributed by atoms with Crippen LogP contribution in [0, 0.1) is 55.9 Å². The molecule has 0 atom stereocenters. The smallest absolute Gasteiger partial charge is 0.0244 e. The number of nitrogens with zero attached hydrogens (tertiary/aromatic N) is 1. The van der Waals surface area contributed by atoms with Crippen LogP contribution in [0.4, 0.5) is 5.69 Å². The average Bonchev–Trinajstić information content (AvgIpc) is 2.62. The first-order chi connectivity index (χ1) is 11.8. The Hall–Kier alpha value is -0.448. The van der Waals surface area contributed by atoms with E-state index in [0.29, 0.717) is 5.69 Å². The molecule has 1 fully saturated rings. The fourth-order valence-corrected chi connectivity index (χ4v) is 4.02. The molecule has 0 spiro atoms. The minimum absolute atomic E-state index is 0. The third kappa shape index (κ3) is 7.36. The Bertz CT molecular complexity index is 683. The normalized spacial score (nSPS) is 15.0. The minimum atomic E-state index is 0. The van der Waals surface area contributed by atoms with E-state index >= 15 is 0 Å². The van der Waals surface area contributed by atoms with Crippen LogP contribution < -0.4 is 0 Å². The number of thioether (sulfide) groups is 1. The van der Waals surface area contributed by atoms with E-state index in [9.17, 15) is 0 Å². The summed E-state index contributed by atoms with van der Waals surface area (Å²) in [5, 5.41) is 0.748. The summed E-state index contributed by atoms with van der Waals surface area (Å²) >= 11 is 2.02. The Morgan fingerprint density at radius 1 is 1.00 bits per heavy atom. The molecule has 1 heterocycles. The zero-order valence-electron chi connectivity index (χ0n) is 14.4. The Morgan fingerprint density at radius 2 is 1.68 bits per heavy atom. The maximum Gasteiger partial charge on any atom is 0.0244 e. The molecule has 1 saturated heterocycles. The van der Waals surface area contributed by atoms with Crippen LogP contribution >= 0.6 is 11.8 Å². The second-order valence-corrected chi connectivity index (χ2v) is 7.47. The number of piperidine rings is 1. The van der Waals surface area contributed by atoms with Gasteiger partial charge in [0.05, 0.1) is 0 Å². The summed E-state index contributed by atoms with van der Waals surface area (Å²) in [4.78, 5) is 3.92. The van der Waals surface area contributed by atoms with E-state index in [2.05, 4.69) is 47.1 Å². The summed E-state index contributed by atoms with van der Waals surface area (Å²) in [6.07, 6.45) is 3.44. The molecular weight excluding hydrogens is 539 g/mol. The summed E-state index contributed by atoms with van der Waals surface area (Å²) in [6, 6.07) is 18.2. The van der Waals surface area contributed by atoms with Gasteiger partial charge in [-0.1, -0.05) is 42.2 Å². The number of nitrogens with one attached hydrogen (secondary N) is 1. The molecular formula is C21H23AcN2S-. The monoisotopic (exact) mass is 562 g/mol. The first-order valence-corrected chi connectivity index (χ1v) is 9.42. The Labute approximate surface area is 191 Å². The van der Waals surface area contributed by atoms with Gasteiger partial charge >= 0.3 is 0 Å². The molecule has 3 rings (SSSR count). The molecule has 1 aliphatic heterocycles. The molecule has 0 aromatic heterocycles. The van der Waals surface area contributed by atoms with Gasteiger partial charge in [-0.15, -0.1) is 17.4 Å². The van der Waals surface area contributed by atoms with Gasteiger partial charge in [-0.2, -0.15) is 0 Å². The molecule has 2 aromatic rings. The van der Waals surface area contributed by atoms with Crippen molar-refractivity contribution in [3.05, 3.63) is 65.9 Å². The molecule has 0 bridgehead atoms. The molecule has 0 aliphatic carbocycles. The summed E-state index contributed by atoms with van der Waals surface area (Å²) < 4.78 is 0. The second-order valence-electron chi connectivity index (χ2n) is 6.10. The maximum absolute atomic E-state index is 7.47. The predicted octanol–water partition coefficient (Wildman–Crippen LogP) is 5.37. The summed E-state index contributed by atoms with van der Waals surface area (Å²) in [7, 11) is 0. The molecule has 0 unspecified atom stereocenters. The topological polar surface area (TPSA) is 27.0 Å². The standard InChI is InChI=1S/C21H23N2S.Ac/c22-19-11-9-18(10-12-19)6-4-5-15-23-16-13-21(14-17-23)24-20-7-2-1-3-8-20;/h1-3,7-12,21-22H,5,13-17H2;/q-1;. The van der Waals surface area contributed by atoms with E-state index in [0.717, 1.165) is 23.8 Å². The van der Waals surface area contributed by atoms with Gasteiger partial charge in [0.2, 0.25) is 0 Å². The molecule has 2 aromatic carbocycles. The van der Waals surface area contributed by atoms with Crippen LogP contribution in [0.5, 0.6) is 0 Å². The predicted molar refractivity (Wildman–Crippen MR) is 104 cm³/mol. The quantitative estimate of drug-likeness (QED) is 0.469. The number of hydrogen-bond donors (Lipinski definition) is 0. The van der Waals surface area contributed by atoms with Crippen LogP contribution in [0.2, 0.25) is 0 Å². The van der Waals surface area contributed by atoms with Crippen molar-refractivity contribution < 1.29 is 44.1 Å². The van der Waals surface area contributed by atoms with Gasteiger partial charge in [0, 0.05) is 72.7 Å². The van der Waals surface area contributed by atoms with Crippen LogP contribution in [0.25, 0.3) is 5.73 Å². The molecule has 25 heavy (non-hydrogen) atoms. The van der Waals surface area contributed by atoms with E-state index in [4.69, 9.17) is 5.73 Å². The maximum atomic E-state index is 7.47. The van der Waals surface area contributed by atoms with Crippen molar-refractivity contribution >= 4 is 17.4 Å². The van der Waals surface area contributed by atoms with Gasteiger partial charge in [0.15, 0.2) is 0 Å². The summed E-state index contributed by atoms with van der Waals surface area (Å²) in [5.74, 6) is 6.45. The number of likely N-dealkylation sites (tertiary alicyclic amines) is 1. The molecule has 2 nitrogen and oxygen atoms in total. The van der Waals surface area contributed by atoms with Crippen molar-refractivity contribution in [2.75, 3.05) is 19.6 Å². The minimum Gasteiger partial charge on any atom is -0.699 e. The fraction of sp³-hybridized carbons (Fsp3) is 0.333. The van der Waals surface area contributed by atoms with Crippen molar-refractivity contribution in [1.29, 1.82) is 0 Å². The Balaban J connectivity index is 0.00000225. The van der Waals surface area contributed by atoms with Gasteiger partial charge in [-0.25, -0.2) is 0 Å². The first kappa shape index (κ1) is 20.9. The third-order valence-corrected chi connectivity index (χ3v) is 5.60.